The van der Waals surface area contributed by atoms with Crippen molar-refractivity contribution in [3.8, 4) is 0 Å². The van der Waals surface area contributed by atoms with Gasteiger partial charge in [-0.25, -0.2) is 4.79 Å². The normalized spacial score (nSPS) is 20.6. The van der Waals surface area contributed by atoms with Crippen molar-refractivity contribution in [1.29, 1.82) is 0 Å². The maximum Gasteiger partial charge on any atom is 0.423 e. The predicted molar refractivity (Wildman–Crippen MR) is 90.8 cm³/mol. The molecule has 0 aromatic heterocycles. The van der Waals surface area contributed by atoms with Gasteiger partial charge in [-0.2, -0.15) is 13.2 Å². The molecule has 1 atom stereocenters. The molecular formula is C17H20ClF3N2O2. The molecule has 0 spiro atoms. The SMILES string of the molecule is CCN1C[C@](OCC=C(C)C)(C(F)(F)F)c2cc(Cl)ccc2NC1=O. The van der Waals surface area contributed by atoms with E-state index in [0.717, 1.165) is 10.5 Å². The van der Waals surface area contributed by atoms with Crippen molar-refractivity contribution in [2.75, 3.05) is 25.0 Å². The number of hydrogen-bond donors (Lipinski definition) is 1. The van der Waals surface area contributed by atoms with Crippen LogP contribution < -0.4 is 5.32 Å². The van der Waals surface area contributed by atoms with Crippen molar-refractivity contribution < 1.29 is 22.7 Å². The number of fused-ring (bicyclic) bond motifs is 1. The summed E-state index contributed by atoms with van der Waals surface area (Å²) in [6.45, 7) is 4.37. The summed E-state index contributed by atoms with van der Waals surface area (Å²) in [5.74, 6) is 0. The third-order valence-electron chi connectivity index (χ3n) is 4.02. The number of hydrogen-bond acceptors (Lipinski definition) is 2. The number of likely N-dealkylation sites (N-methyl/N-ethyl adjacent to an activating group) is 1. The zero-order valence-corrected chi connectivity index (χ0v) is 15.0. The maximum absolute atomic E-state index is 14.2. The Balaban J connectivity index is 2.65. The van der Waals surface area contributed by atoms with Crippen molar-refractivity contribution >= 4 is 23.3 Å². The number of anilines is 1. The Morgan fingerprint density at radius 2 is 2.12 bits per heavy atom. The van der Waals surface area contributed by atoms with Crippen LogP contribution in [0, 0.1) is 0 Å². The van der Waals surface area contributed by atoms with Crippen LogP contribution in [0.25, 0.3) is 0 Å². The highest BCUT2D eigenvalue weighted by atomic mass is 35.5. The van der Waals surface area contributed by atoms with E-state index in [0.29, 0.717) is 0 Å². The number of carbonyl (C=O) groups excluding carboxylic acids is 1. The van der Waals surface area contributed by atoms with Crippen molar-refractivity contribution in [1.82, 2.24) is 4.90 Å². The van der Waals surface area contributed by atoms with E-state index in [4.69, 9.17) is 16.3 Å². The van der Waals surface area contributed by atoms with Crippen LogP contribution in [0.5, 0.6) is 0 Å². The molecule has 1 aliphatic heterocycles. The van der Waals surface area contributed by atoms with E-state index in [-0.39, 0.29) is 29.4 Å². The molecule has 0 bridgehead atoms. The molecule has 1 N–H and O–H groups in total. The Kier molecular flexibility index (Phi) is 5.68. The molecule has 2 rings (SSSR count). The second-order valence-electron chi connectivity index (χ2n) is 6.05. The zero-order chi connectivity index (χ0) is 18.8. The molecule has 25 heavy (non-hydrogen) atoms. The zero-order valence-electron chi connectivity index (χ0n) is 14.2. The average Bonchev–Trinajstić information content (AvgIpc) is 2.62. The second-order valence-corrected chi connectivity index (χ2v) is 6.49. The van der Waals surface area contributed by atoms with E-state index in [1.54, 1.807) is 26.8 Å². The van der Waals surface area contributed by atoms with E-state index in [1.807, 2.05) is 0 Å². The largest absolute Gasteiger partial charge is 0.423 e. The molecule has 0 saturated heterocycles. The molecule has 0 unspecified atom stereocenters. The number of alkyl halides is 3. The molecule has 4 nitrogen and oxygen atoms in total. The molecule has 2 amide bonds. The molecule has 138 valence electrons. The van der Waals surface area contributed by atoms with Gasteiger partial charge >= 0.3 is 12.2 Å². The topological polar surface area (TPSA) is 41.6 Å². The minimum absolute atomic E-state index is 0.0416. The second kappa shape index (κ2) is 7.25. The van der Waals surface area contributed by atoms with E-state index in [2.05, 4.69) is 5.32 Å². The quantitative estimate of drug-likeness (QED) is 0.755. The lowest BCUT2D eigenvalue weighted by molar-refractivity contribution is -0.284. The number of nitrogens with zero attached hydrogens (tertiary/aromatic N) is 1. The van der Waals surface area contributed by atoms with Crippen LogP contribution in [0.2, 0.25) is 5.02 Å². The minimum Gasteiger partial charge on any atom is -0.355 e. The highest BCUT2D eigenvalue weighted by molar-refractivity contribution is 6.30. The molecule has 8 heteroatoms. The summed E-state index contributed by atoms with van der Waals surface area (Å²) in [5.41, 5.74) is -1.99. The first-order valence-electron chi connectivity index (χ1n) is 7.80. The summed E-state index contributed by atoms with van der Waals surface area (Å²) >= 11 is 5.94. The molecule has 0 aliphatic carbocycles. The van der Waals surface area contributed by atoms with Gasteiger partial charge in [0, 0.05) is 22.8 Å². The van der Waals surface area contributed by atoms with Crippen LogP contribution in [0.15, 0.2) is 29.8 Å². The lowest BCUT2D eigenvalue weighted by atomic mass is 9.90. The number of carbonyl (C=O) groups is 1. The van der Waals surface area contributed by atoms with Gasteiger partial charge in [0.15, 0.2) is 0 Å². The number of benzene rings is 1. The molecule has 1 aromatic carbocycles. The van der Waals surface area contributed by atoms with E-state index in [9.17, 15) is 18.0 Å². The van der Waals surface area contributed by atoms with Gasteiger partial charge < -0.3 is 15.0 Å². The summed E-state index contributed by atoms with van der Waals surface area (Å²) in [7, 11) is 0. The smallest absolute Gasteiger partial charge is 0.355 e. The van der Waals surface area contributed by atoms with Crippen molar-refractivity contribution in [2.24, 2.45) is 0 Å². The number of amides is 2. The van der Waals surface area contributed by atoms with Gasteiger partial charge in [0.25, 0.3) is 0 Å². The fourth-order valence-electron chi connectivity index (χ4n) is 2.63. The standard InChI is InChI=1S/C17H20ClF3N2O2/c1-4-23-10-16(17(19,20)21,25-8-7-11(2)3)13-9-12(18)5-6-14(13)22-15(23)24/h5-7,9H,4,8,10H2,1-3H3,(H,22,24)/t16-/m1/s1. The maximum atomic E-state index is 14.2. The van der Waals surface area contributed by atoms with E-state index < -0.39 is 24.4 Å². The lowest BCUT2D eigenvalue weighted by Crippen LogP contribution is -2.53. The number of rotatable bonds is 4. The van der Waals surface area contributed by atoms with Gasteiger partial charge in [0.2, 0.25) is 5.60 Å². The number of urea groups is 1. The van der Waals surface area contributed by atoms with Crippen molar-refractivity contribution in [3.63, 3.8) is 0 Å². The molecule has 0 saturated carbocycles. The Morgan fingerprint density at radius 3 is 2.68 bits per heavy atom. The van der Waals surface area contributed by atoms with Crippen LogP contribution in [-0.4, -0.2) is 36.8 Å². The van der Waals surface area contributed by atoms with Gasteiger partial charge in [-0.1, -0.05) is 23.3 Å². The number of halogens is 4. The van der Waals surface area contributed by atoms with Gasteiger partial charge in [0.1, 0.15) is 0 Å². The van der Waals surface area contributed by atoms with Gasteiger partial charge in [-0.05, 0) is 39.0 Å². The summed E-state index contributed by atoms with van der Waals surface area (Å²) in [6.07, 6.45) is -3.18. The van der Waals surface area contributed by atoms with Crippen LogP contribution in [-0.2, 0) is 10.3 Å². The Bertz CT molecular complexity index is 687. The van der Waals surface area contributed by atoms with Gasteiger partial charge in [-0.15, -0.1) is 0 Å². The summed E-state index contributed by atoms with van der Waals surface area (Å²) in [4.78, 5) is 13.3. The third kappa shape index (κ3) is 3.93. The molecule has 0 radical (unpaired) electrons. The average molecular weight is 377 g/mol. The lowest BCUT2D eigenvalue weighted by Gasteiger charge is -2.37. The predicted octanol–water partition coefficient (Wildman–Crippen LogP) is 4.95. The first-order valence-corrected chi connectivity index (χ1v) is 8.18. The Hall–Kier alpha value is -1.73. The van der Waals surface area contributed by atoms with Crippen LogP contribution in [0.3, 0.4) is 0 Å². The van der Waals surface area contributed by atoms with Crippen LogP contribution >= 0.6 is 11.6 Å². The van der Waals surface area contributed by atoms with Crippen molar-refractivity contribution in [3.05, 3.63) is 40.4 Å². The highest BCUT2D eigenvalue weighted by Crippen LogP contribution is 2.47. The van der Waals surface area contributed by atoms with E-state index >= 15 is 0 Å². The number of nitrogens with one attached hydrogen (secondary N) is 1. The van der Waals surface area contributed by atoms with Gasteiger partial charge in [-0.3, -0.25) is 0 Å². The third-order valence-corrected chi connectivity index (χ3v) is 4.26. The van der Waals surface area contributed by atoms with Crippen LogP contribution in [0.1, 0.15) is 26.3 Å². The monoisotopic (exact) mass is 376 g/mol. The molecule has 0 fully saturated rings. The first kappa shape index (κ1) is 19.6. The van der Waals surface area contributed by atoms with Gasteiger partial charge in [0.05, 0.1) is 13.2 Å². The summed E-state index contributed by atoms with van der Waals surface area (Å²) in [5, 5.41) is 2.65. The minimum atomic E-state index is -4.75. The molecule has 1 aliphatic rings. The van der Waals surface area contributed by atoms with Crippen molar-refractivity contribution in [2.45, 2.75) is 32.5 Å². The fraction of sp³-hybridized carbons (Fsp3) is 0.471. The Morgan fingerprint density at radius 1 is 1.44 bits per heavy atom. The number of allylic oxidation sites excluding steroid dienone is 1. The molecule has 1 aromatic rings. The van der Waals surface area contributed by atoms with Crippen LogP contribution in [0.4, 0.5) is 23.7 Å². The molecule has 1 heterocycles. The number of ether oxygens (including phenoxy) is 1. The summed E-state index contributed by atoms with van der Waals surface area (Å²) in [6, 6.07) is 3.38. The fourth-order valence-corrected chi connectivity index (χ4v) is 2.81. The summed E-state index contributed by atoms with van der Waals surface area (Å²) < 4.78 is 48.0. The van der Waals surface area contributed by atoms with E-state index in [1.165, 1.54) is 18.2 Å². The highest BCUT2D eigenvalue weighted by Gasteiger charge is 2.60. The Labute approximate surface area is 149 Å². The first-order chi connectivity index (χ1) is 11.6. The molecular weight excluding hydrogens is 357 g/mol.